The summed E-state index contributed by atoms with van der Waals surface area (Å²) in [6.45, 7) is 1.51. The lowest BCUT2D eigenvalue weighted by Gasteiger charge is -2.18. The van der Waals surface area contributed by atoms with Crippen LogP contribution in [0.15, 0.2) is 30.3 Å². The predicted molar refractivity (Wildman–Crippen MR) is 86.2 cm³/mol. The number of alkyl carbamates (subject to hydrolysis) is 1. The number of amides is 2. The molecule has 1 unspecified atom stereocenters. The number of carboxylic acids is 1. The van der Waals surface area contributed by atoms with E-state index in [-0.39, 0.29) is 25.4 Å². The van der Waals surface area contributed by atoms with E-state index < -0.39 is 18.1 Å². The molecule has 1 aromatic carbocycles. The zero-order valence-corrected chi connectivity index (χ0v) is 13.4. The Bertz CT molecular complexity index is 570. The van der Waals surface area contributed by atoms with E-state index in [1.165, 1.54) is 0 Å². The van der Waals surface area contributed by atoms with E-state index in [2.05, 4.69) is 5.32 Å². The molecule has 7 nitrogen and oxygen atoms in total. The highest BCUT2D eigenvalue weighted by molar-refractivity contribution is 5.81. The number of aliphatic carboxylic acids is 1. The van der Waals surface area contributed by atoms with Crippen LogP contribution in [0.1, 0.15) is 31.2 Å². The molecule has 0 spiro atoms. The van der Waals surface area contributed by atoms with Gasteiger partial charge in [0.1, 0.15) is 12.6 Å². The normalized spacial score (nSPS) is 14.9. The molecule has 1 atom stereocenters. The molecule has 0 radical (unpaired) electrons. The molecule has 1 heterocycles. The van der Waals surface area contributed by atoms with Gasteiger partial charge in [-0.2, -0.15) is 0 Å². The molecule has 7 heteroatoms. The van der Waals surface area contributed by atoms with E-state index in [4.69, 9.17) is 4.74 Å². The van der Waals surface area contributed by atoms with E-state index in [0.717, 1.165) is 31.5 Å². The van der Waals surface area contributed by atoms with Crippen molar-refractivity contribution in [3.63, 3.8) is 0 Å². The minimum absolute atomic E-state index is 0.0467. The topological polar surface area (TPSA) is 95.9 Å². The fraction of sp³-hybridized carbons (Fsp3) is 0.471. The molecule has 0 saturated carbocycles. The first-order valence-electron chi connectivity index (χ1n) is 8.04. The van der Waals surface area contributed by atoms with Crippen molar-refractivity contribution in [2.24, 2.45) is 0 Å². The molecule has 1 aromatic rings. The van der Waals surface area contributed by atoms with Gasteiger partial charge in [0.05, 0.1) is 0 Å². The average molecular weight is 334 g/mol. The minimum atomic E-state index is -1.18. The van der Waals surface area contributed by atoms with Gasteiger partial charge in [-0.05, 0) is 24.8 Å². The molecule has 24 heavy (non-hydrogen) atoms. The average Bonchev–Trinajstić information content (AvgIpc) is 3.12. The summed E-state index contributed by atoms with van der Waals surface area (Å²) in [6.07, 6.45) is 1.30. The summed E-state index contributed by atoms with van der Waals surface area (Å²) in [5.74, 6) is -1.25. The van der Waals surface area contributed by atoms with E-state index in [1.54, 1.807) is 17.0 Å². The van der Waals surface area contributed by atoms with Crippen LogP contribution in [0.25, 0.3) is 0 Å². The zero-order chi connectivity index (χ0) is 17.4. The number of nitrogens with zero attached hydrogens (tertiary/aromatic N) is 1. The van der Waals surface area contributed by atoms with Crippen LogP contribution in [0.4, 0.5) is 4.79 Å². The number of hydrogen-bond donors (Lipinski definition) is 2. The maximum absolute atomic E-state index is 12.0. The van der Waals surface area contributed by atoms with Crippen LogP contribution in [-0.4, -0.2) is 47.1 Å². The Morgan fingerprint density at radius 1 is 1.17 bits per heavy atom. The molecule has 1 fully saturated rings. The highest BCUT2D eigenvalue weighted by Gasteiger charge is 2.24. The van der Waals surface area contributed by atoms with Crippen molar-refractivity contribution >= 4 is 18.0 Å². The highest BCUT2D eigenvalue weighted by Crippen LogP contribution is 2.11. The molecule has 2 N–H and O–H groups in total. The number of hydrogen-bond acceptors (Lipinski definition) is 4. The van der Waals surface area contributed by atoms with Gasteiger partial charge in [0.25, 0.3) is 0 Å². The Morgan fingerprint density at radius 2 is 1.83 bits per heavy atom. The number of nitrogens with one attached hydrogen (secondary N) is 1. The summed E-state index contributed by atoms with van der Waals surface area (Å²) in [6, 6.07) is 7.95. The molecular formula is C17H22N2O5. The molecule has 1 aliphatic rings. The second kappa shape index (κ2) is 8.90. The van der Waals surface area contributed by atoms with Gasteiger partial charge in [-0.1, -0.05) is 30.3 Å². The van der Waals surface area contributed by atoms with Crippen molar-refractivity contribution < 1.29 is 24.2 Å². The van der Waals surface area contributed by atoms with Crippen LogP contribution < -0.4 is 5.32 Å². The van der Waals surface area contributed by atoms with Crippen LogP contribution in [0.3, 0.4) is 0 Å². The number of rotatable bonds is 7. The maximum Gasteiger partial charge on any atom is 0.408 e. The van der Waals surface area contributed by atoms with Crippen LogP contribution >= 0.6 is 0 Å². The fourth-order valence-electron chi connectivity index (χ4n) is 2.56. The number of carbonyl (C=O) groups excluding carboxylic acids is 2. The summed E-state index contributed by atoms with van der Waals surface area (Å²) in [5, 5.41) is 11.5. The van der Waals surface area contributed by atoms with Gasteiger partial charge in [-0.25, -0.2) is 9.59 Å². The van der Waals surface area contributed by atoms with Gasteiger partial charge >= 0.3 is 12.1 Å². The zero-order valence-electron chi connectivity index (χ0n) is 13.4. The standard InChI is InChI=1S/C17H22N2O5/c20-15(19-10-4-5-11-19)9-8-14(16(21)22)18-17(23)24-12-13-6-2-1-3-7-13/h1-3,6-7,14H,4-5,8-12H2,(H,18,23)(H,21,22). The number of carbonyl (C=O) groups is 3. The Balaban J connectivity index is 1.76. The lowest BCUT2D eigenvalue weighted by Crippen LogP contribution is -2.42. The monoisotopic (exact) mass is 334 g/mol. The Morgan fingerprint density at radius 3 is 2.46 bits per heavy atom. The molecule has 130 valence electrons. The number of benzene rings is 1. The van der Waals surface area contributed by atoms with E-state index in [0.29, 0.717) is 0 Å². The SMILES string of the molecule is O=C(NC(CCC(=O)N1CCCC1)C(=O)O)OCc1ccccc1. The molecule has 1 saturated heterocycles. The van der Waals surface area contributed by atoms with Gasteiger partial charge in [0, 0.05) is 19.5 Å². The van der Waals surface area contributed by atoms with E-state index in [9.17, 15) is 19.5 Å². The van der Waals surface area contributed by atoms with Crippen molar-refractivity contribution in [3.8, 4) is 0 Å². The van der Waals surface area contributed by atoms with Crippen molar-refractivity contribution in [2.75, 3.05) is 13.1 Å². The molecule has 1 aliphatic heterocycles. The van der Waals surface area contributed by atoms with Gasteiger partial charge in [-0.15, -0.1) is 0 Å². The first-order valence-corrected chi connectivity index (χ1v) is 8.04. The maximum atomic E-state index is 12.0. The second-order valence-electron chi connectivity index (χ2n) is 5.72. The van der Waals surface area contributed by atoms with Crippen molar-refractivity contribution in [2.45, 2.75) is 38.3 Å². The third kappa shape index (κ3) is 5.57. The molecule has 0 aliphatic carbocycles. The lowest BCUT2D eigenvalue weighted by atomic mass is 10.1. The van der Waals surface area contributed by atoms with Crippen molar-refractivity contribution in [1.82, 2.24) is 10.2 Å². The van der Waals surface area contributed by atoms with Gasteiger partial charge in [0.15, 0.2) is 0 Å². The van der Waals surface area contributed by atoms with Crippen LogP contribution in [0.5, 0.6) is 0 Å². The van der Waals surface area contributed by atoms with Crippen LogP contribution in [0.2, 0.25) is 0 Å². The Hall–Kier alpha value is -2.57. The minimum Gasteiger partial charge on any atom is -0.480 e. The molecule has 0 aromatic heterocycles. The van der Waals surface area contributed by atoms with E-state index in [1.807, 2.05) is 18.2 Å². The second-order valence-corrected chi connectivity index (χ2v) is 5.72. The third-order valence-electron chi connectivity index (χ3n) is 3.91. The summed E-state index contributed by atoms with van der Waals surface area (Å²) in [5.41, 5.74) is 0.809. The smallest absolute Gasteiger partial charge is 0.408 e. The number of ether oxygens (including phenoxy) is 1. The van der Waals surface area contributed by atoms with E-state index >= 15 is 0 Å². The predicted octanol–water partition coefficient (Wildman–Crippen LogP) is 1.77. The largest absolute Gasteiger partial charge is 0.480 e. The van der Waals surface area contributed by atoms with Crippen molar-refractivity contribution in [3.05, 3.63) is 35.9 Å². The fourth-order valence-corrected chi connectivity index (χ4v) is 2.56. The quantitative estimate of drug-likeness (QED) is 0.792. The summed E-state index contributed by atoms with van der Waals surface area (Å²) < 4.78 is 5.01. The Labute approximate surface area is 140 Å². The van der Waals surface area contributed by atoms with Crippen molar-refractivity contribution in [1.29, 1.82) is 0 Å². The summed E-state index contributed by atoms with van der Waals surface area (Å²) >= 11 is 0. The third-order valence-corrected chi connectivity index (χ3v) is 3.91. The number of likely N-dealkylation sites (tertiary alicyclic amines) is 1. The summed E-state index contributed by atoms with van der Waals surface area (Å²) in [4.78, 5) is 36.7. The molecule has 0 bridgehead atoms. The highest BCUT2D eigenvalue weighted by atomic mass is 16.5. The van der Waals surface area contributed by atoms with Gasteiger partial charge in [0.2, 0.25) is 5.91 Å². The molecular weight excluding hydrogens is 312 g/mol. The Kier molecular flexibility index (Phi) is 6.60. The van der Waals surface area contributed by atoms with Crippen LogP contribution in [0, 0.1) is 0 Å². The summed E-state index contributed by atoms with van der Waals surface area (Å²) in [7, 11) is 0. The molecule has 2 rings (SSSR count). The number of carboxylic acid groups (broad SMARTS) is 1. The first-order chi connectivity index (χ1) is 11.6. The van der Waals surface area contributed by atoms with Gasteiger partial charge < -0.3 is 20.1 Å². The van der Waals surface area contributed by atoms with Gasteiger partial charge in [-0.3, -0.25) is 4.79 Å². The lowest BCUT2D eigenvalue weighted by molar-refractivity contribution is -0.139. The first kappa shape index (κ1) is 17.8. The molecule has 2 amide bonds. The van der Waals surface area contributed by atoms with Crippen LogP contribution in [-0.2, 0) is 20.9 Å².